The molecule has 21 heavy (non-hydrogen) atoms. The van der Waals surface area contributed by atoms with Crippen molar-refractivity contribution in [2.75, 3.05) is 13.7 Å². The van der Waals surface area contributed by atoms with Gasteiger partial charge >= 0.3 is 0 Å². The van der Waals surface area contributed by atoms with Crippen LogP contribution < -0.4 is 5.73 Å². The van der Waals surface area contributed by atoms with Gasteiger partial charge in [-0.1, -0.05) is 21.1 Å². The molecule has 2 rings (SSSR count). The fourth-order valence-electron chi connectivity index (χ4n) is 2.15. The van der Waals surface area contributed by atoms with E-state index in [1.807, 2.05) is 26.0 Å². The molecule has 0 aliphatic carbocycles. The second kappa shape index (κ2) is 7.15. The van der Waals surface area contributed by atoms with Gasteiger partial charge in [0.15, 0.2) is 0 Å². The predicted molar refractivity (Wildman–Crippen MR) is 84.9 cm³/mol. The highest BCUT2D eigenvalue weighted by Crippen LogP contribution is 2.27. The van der Waals surface area contributed by atoms with Crippen LogP contribution in [0.2, 0.25) is 0 Å². The highest BCUT2D eigenvalue weighted by atomic mass is 79.9. The van der Waals surface area contributed by atoms with Gasteiger partial charge < -0.3 is 15.0 Å². The molecule has 6 heteroatoms. The van der Waals surface area contributed by atoms with E-state index in [9.17, 15) is 0 Å². The Kier molecular flexibility index (Phi) is 5.50. The zero-order valence-corrected chi connectivity index (χ0v) is 14.1. The Morgan fingerprint density at radius 2 is 2.00 bits per heavy atom. The first-order chi connectivity index (χ1) is 10.0. The van der Waals surface area contributed by atoms with E-state index in [-0.39, 0.29) is 6.04 Å². The van der Waals surface area contributed by atoms with Gasteiger partial charge in [-0.25, -0.2) is 0 Å². The number of ether oxygens (including phenoxy) is 1. The summed E-state index contributed by atoms with van der Waals surface area (Å²) in [5.74, 6) is 1.05. The predicted octanol–water partition coefficient (Wildman–Crippen LogP) is 3.54. The first kappa shape index (κ1) is 16.1. The molecule has 0 saturated heterocycles. The van der Waals surface area contributed by atoms with Crippen molar-refractivity contribution in [2.45, 2.75) is 32.7 Å². The number of rotatable bonds is 6. The van der Waals surface area contributed by atoms with Gasteiger partial charge in [0.25, 0.3) is 0 Å². The topological polar surface area (TPSA) is 74.2 Å². The first-order valence-electron chi connectivity index (χ1n) is 6.88. The standard InChI is InChI=1S/C15H20BrN3O2/c1-9-7-11(8-10(2)13(9)16)14-18-15(21-19-14)12(17)5-4-6-20-3/h7-8,12H,4-6,17H2,1-3H3. The summed E-state index contributed by atoms with van der Waals surface area (Å²) in [6, 6.07) is 3.81. The van der Waals surface area contributed by atoms with E-state index >= 15 is 0 Å². The van der Waals surface area contributed by atoms with Gasteiger partial charge in [0, 0.05) is 23.8 Å². The molecular weight excluding hydrogens is 334 g/mol. The number of halogens is 1. The summed E-state index contributed by atoms with van der Waals surface area (Å²) in [5.41, 5.74) is 9.27. The van der Waals surface area contributed by atoms with Crippen LogP contribution in [0.15, 0.2) is 21.1 Å². The van der Waals surface area contributed by atoms with Crippen molar-refractivity contribution in [1.29, 1.82) is 0 Å². The van der Waals surface area contributed by atoms with Crippen LogP contribution in [-0.4, -0.2) is 23.9 Å². The molecule has 1 aromatic carbocycles. The van der Waals surface area contributed by atoms with Gasteiger partial charge in [-0.3, -0.25) is 0 Å². The molecule has 0 fully saturated rings. The fraction of sp³-hybridized carbons (Fsp3) is 0.467. The van der Waals surface area contributed by atoms with Crippen LogP contribution in [0, 0.1) is 13.8 Å². The van der Waals surface area contributed by atoms with Crippen molar-refractivity contribution < 1.29 is 9.26 Å². The molecule has 1 aromatic heterocycles. The molecule has 0 spiro atoms. The minimum atomic E-state index is -0.251. The smallest absolute Gasteiger partial charge is 0.243 e. The Bertz CT molecular complexity index is 590. The van der Waals surface area contributed by atoms with Crippen molar-refractivity contribution in [2.24, 2.45) is 5.73 Å². The number of aryl methyl sites for hydroxylation is 2. The Morgan fingerprint density at radius 3 is 2.62 bits per heavy atom. The number of hydrogen-bond acceptors (Lipinski definition) is 5. The third-order valence-electron chi connectivity index (χ3n) is 3.32. The van der Waals surface area contributed by atoms with Crippen molar-refractivity contribution in [3.8, 4) is 11.4 Å². The minimum Gasteiger partial charge on any atom is -0.385 e. The van der Waals surface area contributed by atoms with Crippen LogP contribution in [0.1, 0.15) is 35.9 Å². The van der Waals surface area contributed by atoms with Gasteiger partial charge in [0.2, 0.25) is 11.7 Å². The summed E-state index contributed by atoms with van der Waals surface area (Å²) in [5, 5.41) is 4.03. The highest BCUT2D eigenvalue weighted by molar-refractivity contribution is 9.10. The van der Waals surface area contributed by atoms with Crippen molar-refractivity contribution in [3.63, 3.8) is 0 Å². The normalized spacial score (nSPS) is 12.6. The van der Waals surface area contributed by atoms with Crippen molar-refractivity contribution in [3.05, 3.63) is 33.6 Å². The molecule has 0 aliphatic heterocycles. The maximum absolute atomic E-state index is 6.05. The van der Waals surface area contributed by atoms with Crippen molar-refractivity contribution >= 4 is 15.9 Å². The molecule has 0 saturated carbocycles. The Labute approximate surface area is 133 Å². The summed E-state index contributed by atoms with van der Waals surface area (Å²) in [7, 11) is 1.68. The maximum Gasteiger partial charge on any atom is 0.243 e. The average Bonchev–Trinajstić information content (AvgIpc) is 2.94. The van der Waals surface area contributed by atoms with Gasteiger partial charge in [0.05, 0.1) is 6.04 Å². The second-order valence-corrected chi connectivity index (χ2v) is 5.91. The molecule has 2 N–H and O–H groups in total. The van der Waals surface area contributed by atoms with Crippen molar-refractivity contribution in [1.82, 2.24) is 10.1 Å². The number of aromatic nitrogens is 2. The summed E-state index contributed by atoms with van der Waals surface area (Å²) >= 11 is 3.55. The second-order valence-electron chi connectivity index (χ2n) is 5.12. The number of benzene rings is 1. The molecular formula is C15H20BrN3O2. The summed E-state index contributed by atoms with van der Waals surface area (Å²) in [4.78, 5) is 4.41. The van der Waals surface area contributed by atoms with Crippen LogP contribution in [0.4, 0.5) is 0 Å². The zero-order chi connectivity index (χ0) is 15.4. The van der Waals surface area contributed by atoms with Gasteiger partial charge in [-0.15, -0.1) is 0 Å². The quantitative estimate of drug-likeness (QED) is 0.803. The lowest BCUT2D eigenvalue weighted by Gasteiger charge is -2.05. The lowest BCUT2D eigenvalue weighted by atomic mass is 10.1. The van der Waals surface area contributed by atoms with E-state index in [4.69, 9.17) is 15.0 Å². The molecule has 2 aromatic rings. The average molecular weight is 354 g/mol. The number of nitrogens with zero attached hydrogens (tertiary/aromatic N) is 2. The molecule has 1 unspecified atom stereocenters. The SMILES string of the molecule is COCCCC(N)c1nc(-c2cc(C)c(Br)c(C)c2)no1. The number of methoxy groups -OCH3 is 1. The third kappa shape index (κ3) is 3.90. The fourth-order valence-corrected chi connectivity index (χ4v) is 2.38. The van der Waals surface area contributed by atoms with Crippen LogP contribution in [0.3, 0.4) is 0 Å². The molecule has 1 atom stereocenters. The van der Waals surface area contributed by atoms with E-state index in [1.165, 1.54) is 0 Å². The van der Waals surface area contributed by atoms with Crippen LogP contribution in [0.25, 0.3) is 11.4 Å². The molecule has 114 valence electrons. The Morgan fingerprint density at radius 1 is 1.33 bits per heavy atom. The Balaban J connectivity index is 2.16. The molecule has 0 bridgehead atoms. The lowest BCUT2D eigenvalue weighted by molar-refractivity contribution is 0.188. The summed E-state index contributed by atoms with van der Waals surface area (Å²) < 4.78 is 11.4. The van der Waals surface area contributed by atoms with E-state index in [0.717, 1.165) is 34.0 Å². The van der Waals surface area contributed by atoms with Crippen LogP contribution >= 0.6 is 15.9 Å². The van der Waals surface area contributed by atoms with E-state index in [1.54, 1.807) is 7.11 Å². The largest absolute Gasteiger partial charge is 0.385 e. The Hall–Kier alpha value is -1.24. The van der Waals surface area contributed by atoms with Crippen LogP contribution in [0.5, 0.6) is 0 Å². The highest BCUT2D eigenvalue weighted by Gasteiger charge is 2.16. The lowest BCUT2D eigenvalue weighted by Crippen LogP contribution is -2.11. The number of hydrogen-bond donors (Lipinski definition) is 1. The molecule has 5 nitrogen and oxygen atoms in total. The summed E-state index contributed by atoms with van der Waals surface area (Å²) in [6.45, 7) is 4.76. The minimum absolute atomic E-state index is 0.251. The molecule has 1 heterocycles. The van der Waals surface area contributed by atoms with E-state index < -0.39 is 0 Å². The van der Waals surface area contributed by atoms with E-state index in [0.29, 0.717) is 18.3 Å². The molecule has 0 aliphatic rings. The zero-order valence-electron chi connectivity index (χ0n) is 12.5. The van der Waals surface area contributed by atoms with Gasteiger partial charge in [-0.2, -0.15) is 4.98 Å². The van der Waals surface area contributed by atoms with E-state index in [2.05, 4.69) is 26.1 Å². The summed E-state index contributed by atoms with van der Waals surface area (Å²) in [6.07, 6.45) is 1.62. The van der Waals surface area contributed by atoms with Crippen LogP contribution in [-0.2, 0) is 4.74 Å². The molecule has 0 amide bonds. The third-order valence-corrected chi connectivity index (χ3v) is 4.57. The van der Waals surface area contributed by atoms with Gasteiger partial charge in [-0.05, 0) is 49.9 Å². The van der Waals surface area contributed by atoms with Gasteiger partial charge in [0.1, 0.15) is 0 Å². The monoisotopic (exact) mass is 353 g/mol. The number of nitrogens with two attached hydrogens (primary N) is 1. The maximum atomic E-state index is 6.05. The first-order valence-corrected chi connectivity index (χ1v) is 7.67. The molecule has 0 radical (unpaired) electrons.